The molecule has 3 amide bonds. The van der Waals surface area contributed by atoms with Gasteiger partial charge < -0.3 is 5.32 Å². The Kier molecular flexibility index (Phi) is 6.68. The van der Waals surface area contributed by atoms with Crippen LogP contribution in [0.4, 0.5) is 16.2 Å². The molecule has 3 rings (SSSR count). The number of thioether (sulfide) groups is 1. The molecule has 0 atom stereocenters. The number of halogens is 2. The van der Waals surface area contributed by atoms with Gasteiger partial charge in [0, 0.05) is 22.3 Å². The molecule has 1 heterocycles. The van der Waals surface area contributed by atoms with Crippen LogP contribution in [-0.2, 0) is 9.59 Å². The highest BCUT2D eigenvalue weighted by Gasteiger charge is 2.36. The molecule has 0 bridgehead atoms. The lowest BCUT2D eigenvalue weighted by molar-refractivity contribution is -0.384. The summed E-state index contributed by atoms with van der Waals surface area (Å²) < 4.78 is 0. The lowest BCUT2D eigenvalue weighted by atomic mass is 10.1. The van der Waals surface area contributed by atoms with E-state index < -0.39 is 28.5 Å². The van der Waals surface area contributed by atoms with Gasteiger partial charge in [0.25, 0.3) is 16.8 Å². The summed E-state index contributed by atoms with van der Waals surface area (Å²) in [6, 6.07) is 7.83. The predicted octanol–water partition coefficient (Wildman–Crippen LogP) is 5.19. The molecule has 0 unspecified atom stereocenters. The van der Waals surface area contributed by atoms with E-state index in [2.05, 4.69) is 5.32 Å². The molecule has 0 saturated carbocycles. The number of amides is 3. The molecular weight excluding hydrogens is 465 g/mol. The third-order valence-electron chi connectivity index (χ3n) is 4.47. The van der Waals surface area contributed by atoms with Gasteiger partial charge in [0.05, 0.1) is 9.83 Å². The van der Waals surface area contributed by atoms with Crippen LogP contribution in [0.15, 0.2) is 35.2 Å². The minimum atomic E-state index is -0.694. The molecular formula is C20H15Cl2N3O5S. The molecule has 2 aromatic carbocycles. The number of benzene rings is 2. The molecule has 0 aromatic heterocycles. The molecule has 0 radical (unpaired) electrons. The summed E-state index contributed by atoms with van der Waals surface area (Å²) in [5, 5.41) is 13.1. The van der Waals surface area contributed by atoms with Gasteiger partial charge in [-0.1, -0.05) is 41.4 Å². The zero-order valence-electron chi connectivity index (χ0n) is 16.3. The molecule has 1 aliphatic heterocycles. The number of rotatable bonds is 5. The first kappa shape index (κ1) is 22.8. The summed E-state index contributed by atoms with van der Waals surface area (Å²) in [6.45, 7) is 3.20. The maximum Gasteiger partial charge on any atom is 0.294 e. The Bertz CT molecular complexity index is 1150. The van der Waals surface area contributed by atoms with Gasteiger partial charge in [-0.05, 0) is 48.9 Å². The highest BCUT2D eigenvalue weighted by Crippen LogP contribution is 2.36. The maximum absolute atomic E-state index is 12.7. The number of carbonyl (C=O) groups excluding carboxylic acids is 3. The van der Waals surface area contributed by atoms with E-state index in [1.807, 2.05) is 32.0 Å². The predicted molar refractivity (Wildman–Crippen MR) is 120 cm³/mol. The SMILES string of the molecule is Cc1cccc(C)c1NC(=O)CN1C(=O)S/C(=C\c2cc([N+](=O)[O-])c(Cl)cc2Cl)C1=O. The van der Waals surface area contributed by atoms with Crippen LogP contribution >= 0.6 is 35.0 Å². The van der Waals surface area contributed by atoms with Crippen molar-refractivity contribution in [3.63, 3.8) is 0 Å². The van der Waals surface area contributed by atoms with Gasteiger partial charge >= 0.3 is 0 Å². The molecule has 31 heavy (non-hydrogen) atoms. The van der Waals surface area contributed by atoms with E-state index in [0.29, 0.717) is 17.4 Å². The van der Waals surface area contributed by atoms with Crippen molar-refractivity contribution in [1.82, 2.24) is 4.90 Å². The zero-order chi connectivity index (χ0) is 22.9. The summed E-state index contributed by atoms with van der Waals surface area (Å²) in [5.74, 6) is -1.22. The average Bonchev–Trinajstić information content (AvgIpc) is 2.94. The number of carbonyl (C=O) groups is 3. The fraction of sp³-hybridized carbons (Fsp3) is 0.150. The summed E-state index contributed by atoms with van der Waals surface area (Å²) in [6.07, 6.45) is 1.26. The van der Waals surface area contributed by atoms with Crippen molar-refractivity contribution in [1.29, 1.82) is 0 Å². The van der Waals surface area contributed by atoms with Gasteiger partial charge in [-0.25, -0.2) is 0 Å². The van der Waals surface area contributed by atoms with E-state index in [1.165, 1.54) is 12.1 Å². The zero-order valence-corrected chi connectivity index (χ0v) is 18.6. The van der Waals surface area contributed by atoms with Crippen LogP contribution in [0.3, 0.4) is 0 Å². The number of hydrogen-bond acceptors (Lipinski definition) is 6. The number of nitrogens with zero attached hydrogens (tertiary/aromatic N) is 2. The molecule has 0 aliphatic carbocycles. The summed E-state index contributed by atoms with van der Waals surface area (Å²) in [4.78, 5) is 48.6. The van der Waals surface area contributed by atoms with Crippen molar-refractivity contribution in [3.05, 3.63) is 72.1 Å². The highest BCUT2D eigenvalue weighted by molar-refractivity contribution is 8.18. The summed E-state index contributed by atoms with van der Waals surface area (Å²) >= 11 is 12.5. The van der Waals surface area contributed by atoms with Gasteiger partial charge in [-0.2, -0.15) is 0 Å². The number of imide groups is 1. The fourth-order valence-electron chi connectivity index (χ4n) is 2.92. The number of para-hydroxylation sites is 1. The lowest BCUT2D eigenvalue weighted by Gasteiger charge is -2.15. The molecule has 1 N–H and O–H groups in total. The van der Waals surface area contributed by atoms with E-state index in [-0.39, 0.29) is 26.2 Å². The van der Waals surface area contributed by atoms with Crippen LogP contribution in [0.5, 0.6) is 0 Å². The van der Waals surface area contributed by atoms with Crippen LogP contribution in [0, 0.1) is 24.0 Å². The third kappa shape index (κ3) is 4.90. The number of nitro groups is 1. The topological polar surface area (TPSA) is 110 Å². The molecule has 160 valence electrons. The molecule has 1 saturated heterocycles. The van der Waals surface area contributed by atoms with Crippen molar-refractivity contribution in [2.45, 2.75) is 13.8 Å². The van der Waals surface area contributed by atoms with Crippen molar-refractivity contribution < 1.29 is 19.3 Å². The molecule has 2 aromatic rings. The second-order valence-corrected chi connectivity index (χ2v) is 8.47. The van der Waals surface area contributed by atoms with E-state index >= 15 is 0 Å². The standard InChI is InChI=1S/C20H15Cl2N3O5S/c1-10-4-3-5-11(2)18(10)23-17(26)9-24-19(27)16(31-20(24)28)7-12-6-15(25(29)30)14(22)8-13(12)21/h3-8H,9H2,1-2H3,(H,23,26)/b16-7-. The van der Waals surface area contributed by atoms with E-state index in [9.17, 15) is 24.5 Å². The first-order chi connectivity index (χ1) is 14.6. The first-order valence-electron chi connectivity index (χ1n) is 8.83. The molecule has 0 spiro atoms. The van der Waals surface area contributed by atoms with Crippen LogP contribution in [0.2, 0.25) is 10.0 Å². The number of anilines is 1. The van der Waals surface area contributed by atoms with Crippen LogP contribution < -0.4 is 5.32 Å². The van der Waals surface area contributed by atoms with Gasteiger partial charge in [0.15, 0.2) is 0 Å². The number of nitro benzene ring substituents is 1. The van der Waals surface area contributed by atoms with Gasteiger partial charge in [-0.3, -0.25) is 29.4 Å². The monoisotopic (exact) mass is 479 g/mol. The first-order valence-corrected chi connectivity index (χ1v) is 10.4. The minimum absolute atomic E-state index is 0.0107. The quantitative estimate of drug-likeness (QED) is 0.358. The van der Waals surface area contributed by atoms with Crippen LogP contribution in [0.25, 0.3) is 6.08 Å². The molecule has 11 heteroatoms. The van der Waals surface area contributed by atoms with Crippen LogP contribution in [-0.4, -0.2) is 33.4 Å². The lowest BCUT2D eigenvalue weighted by Crippen LogP contribution is -2.36. The second-order valence-electron chi connectivity index (χ2n) is 6.67. The summed E-state index contributed by atoms with van der Waals surface area (Å²) in [7, 11) is 0. The Morgan fingerprint density at radius 3 is 2.45 bits per heavy atom. The largest absolute Gasteiger partial charge is 0.324 e. The summed E-state index contributed by atoms with van der Waals surface area (Å²) in [5.41, 5.74) is 2.09. The highest BCUT2D eigenvalue weighted by atomic mass is 35.5. The Hall–Kier alpha value is -2.88. The Morgan fingerprint density at radius 1 is 1.19 bits per heavy atom. The number of nitrogens with one attached hydrogen (secondary N) is 1. The number of aryl methyl sites for hydroxylation is 2. The van der Waals surface area contributed by atoms with Crippen molar-refractivity contribution >= 4 is 69.5 Å². The second kappa shape index (κ2) is 9.09. The smallest absolute Gasteiger partial charge is 0.294 e. The number of hydrogen-bond donors (Lipinski definition) is 1. The Balaban J connectivity index is 1.81. The van der Waals surface area contributed by atoms with Crippen molar-refractivity contribution in [2.24, 2.45) is 0 Å². The van der Waals surface area contributed by atoms with Crippen molar-refractivity contribution in [2.75, 3.05) is 11.9 Å². The average molecular weight is 480 g/mol. The normalized spacial score (nSPS) is 15.0. The van der Waals surface area contributed by atoms with Gasteiger partial charge in [0.1, 0.15) is 11.6 Å². The Labute approximate surface area is 191 Å². The van der Waals surface area contributed by atoms with Gasteiger partial charge in [0.2, 0.25) is 5.91 Å². The van der Waals surface area contributed by atoms with E-state index in [4.69, 9.17) is 23.2 Å². The molecule has 1 aliphatic rings. The van der Waals surface area contributed by atoms with E-state index in [1.54, 1.807) is 0 Å². The van der Waals surface area contributed by atoms with Gasteiger partial charge in [-0.15, -0.1) is 0 Å². The molecule has 8 nitrogen and oxygen atoms in total. The van der Waals surface area contributed by atoms with Crippen LogP contribution in [0.1, 0.15) is 16.7 Å². The van der Waals surface area contributed by atoms with Crippen molar-refractivity contribution in [3.8, 4) is 0 Å². The maximum atomic E-state index is 12.7. The van der Waals surface area contributed by atoms with E-state index in [0.717, 1.165) is 22.1 Å². The third-order valence-corrected chi connectivity index (χ3v) is 6.01. The fourth-order valence-corrected chi connectivity index (χ4v) is 4.25. The Morgan fingerprint density at radius 2 is 1.84 bits per heavy atom. The minimum Gasteiger partial charge on any atom is -0.324 e. The molecule has 1 fully saturated rings.